The highest BCUT2D eigenvalue weighted by Gasteiger charge is 2.11. The average Bonchev–Trinajstić information content (AvgIpc) is 2.80. The van der Waals surface area contributed by atoms with Gasteiger partial charge in [0.15, 0.2) is 0 Å². The van der Waals surface area contributed by atoms with Crippen LogP contribution in [0.3, 0.4) is 0 Å². The minimum Gasteiger partial charge on any atom is -0.493 e. The number of hydrogen-bond acceptors (Lipinski definition) is 3. The topological polar surface area (TPSA) is 41.5 Å². The molecule has 0 aliphatic carbocycles. The van der Waals surface area contributed by atoms with Gasteiger partial charge in [0, 0.05) is 6.42 Å². The maximum absolute atomic E-state index is 9.14. The molecule has 18 heavy (non-hydrogen) atoms. The molecule has 0 aromatic heterocycles. The molecule has 1 aliphatic rings. The van der Waals surface area contributed by atoms with Crippen molar-refractivity contribution in [2.75, 3.05) is 19.7 Å². The van der Waals surface area contributed by atoms with Gasteiger partial charge < -0.3 is 15.2 Å². The van der Waals surface area contributed by atoms with E-state index >= 15 is 0 Å². The number of ether oxygens (including phenoxy) is 1. The fourth-order valence-electron chi connectivity index (χ4n) is 2.28. The third-order valence-corrected chi connectivity index (χ3v) is 3.32. The third kappa shape index (κ3) is 4.00. The Hall–Kier alpha value is -1.06. The zero-order chi connectivity index (χ0) is 12.8. The van der Waals surface area contributed by atoms with Crippen LogP contribution in [0.2, 0.25) is 0 Å². The lowest BCUT2D eigenvalue weighted by atomic mass is 10.1. The Kier molecular flexibility index (Phi) is 5.02. The van der Waals surface area contributed by atoms with Gasteiger partial charge >= 0.3 is 0 Å². The molecule has 1 unspecified atom stereocenters. The molecular weight excluding hydrogens is 226 g/mol. The standard InChI is InChI=1S/C15H23NO2/c1-12(17)3-2-8-16-9-6-13-4-5-15-14(11-13)7-10-18-15/h4-5,11-12,16-17H,2-3,6-10H2,1H3. The van der Waals surface area contributed by atoms with Crippen molar-refractivity contribution in [1.29, 1.82) is 0 Å². The van der Waals surface area contributed by atoms with E-state index in [1.165, 1.54) is 11.1 Å². The molecule has 0 spiro atoms. The molecule has 0 bridgehead atoms. The van der Waals surface area contributed by atoms with E-state index in [-0.39, 0.29) is 6.10 Å². The van der Waals surface area contributed by atoms with E-state index in [0.29, 0.717) is 0 Å². The molecule has 0 saturated carbocycles. The summed E-state index contributed by atoms with van der Waals surface area (Å²) >= 11 is 0. The average molecular weight is 249 g/mol. The molecule has 100 valence electrons. The minimum atomic E-state index is -0.177. The molecule has 1 atom stereocenters. The Morgan fingerprint density at radius 2 is 2.28 bits per heavy atom. The molecule has 2 rings (SSSR count). The maximum Gasteiger partial charge on any atom is 0.122 e. The lowest BCUT2D eigenvalue weighted by Crippen LogP contribution is -2.19. The maximum atomic E-state index is 9.14. The van der Waals surface area contributed by atoms with E-state index in [0.717, 1.165) is 51.1 Å². The molecule has 2 N–H and O–H groups in total. The summed E-state index contributed by atoms with van der Waals surface area (Å²) in [6.45, 7) is 4.65. The Bertz CT molecular complexity index is 377. The van der Waals surface area contributed by atoms with Crippen LogP contribution >= 0.6 is 0 Å². The minimum absolute atomic E-state index is 0.177. The lowest BCUT2D eigenvalue weighted by molar-refractivity contribution is 0.181. The molecule has 3 heteroatoms. The first-order valence-electron chi connectivity index (χ1n) is 6.89. The monoisotopic (exact) mass is 249 g/mol. The molecule has 0 fully saturated rings. The van der Waals surface area contributed by atoms with Crippen LogP contribution in [0.1, 0.15) is 30.9 Å². The molecule has 1 aliphatic heterocycles. The zero-order valence-corrected chi connectivity index (χ0v) is 11.1. The number of hydrogen-bond donors (Lipinski definition) is 2. The Labute approximate surface area is 109 Å². The van der Waals surface area contributed by atoms with Crippen molar-refractivity contribution in [1.82, 2.24) is 5.32 Å². The van der Waals surface area contributed by atoms with Crippen molar-refractivity contribution in [2.24, 2.45) is 0 Å². The highest BCUT2D eigenvalue weighted by atomic mass is 16.5. The molecule has 1 aromatic rings. The van der Waals surface area contributed by atoms with E-state index in [1.807, 2.05) is 6.92 Å². The SMILES string of the molecule is CC(O)CCCNCCc1ccc2c(c1)CCO2. The van der Waals surface area contributed by atoms with Gasteiger partial charge in [-0.25, -0.2) is 0 Å². The summed E-state index contributed by atoms with van der Waals surface area (Å²) in [5.41, 5.74) is 2.73. The summed E-state index contributed by atoms with van der Waals surface area (Å²) in [5.74, 6) is 1.06. The molecular formula is C15H23NO2. The van der Waals surface area contributed by atoms with Crippen molar-refractivity contribution < 1.29 is 9.84 Å². The van der Waals surface area contributed by atoms with Crippen LogP contribution in [0.5, 0.6) is 5.75 Å². The Morgan fingerprint density at radius 3 is 3.11 bits per heavy atom. The van der Waals surface area contributed by atoms with Crippen molar-refractivity contribution in [2.45, 2.75) is 38.7 Å². The number of nitrogens with one attached hydrogen (secondary N) is 1. The van der Waals surface area contributed by atoms with Crippen LogP contribution < -0.4 is 10.1 Å². The summed E-state index contributed by atoms with van der Waals surface area (Å²) < 4.78 is 5.49. The van der Waals surface area contributed by atoms with Gasteiger partial charge in [0.25, 0.3) is 0 Å². The van der Waals surface area contributed by atoms with Gasteiger partial charge in [-0.3, -0.25) is 0 Å². The van der Waals surface area contributed by atoms with Gasteiger partial charge in [0.05, 0.1) is 12.7 Å². The third-order valence-electron chi connectivity index (χ3n) is 3.32. The first-order valence-corrected chi connectivity index (χ1v) is 6.89. The van der Waals surface area contributed by atoms with Crippen LogP contribution in [0.15, 0.2) is 18.2 Å². The first kappa shape index (κ1) is 13.4. The normalized spacial score (nSPS) is 15.2. The van der Waals surface area contributed by atoms with Crippen LogP contribution in [-0.4, -0.2) is 30.9 Å². The molecule has 0 amide bonds. The van der Waals surface area contributed by atoms with E-state index in [4.69, 9.17) is 9.84 Å². The fraction of sp³-hybridized carbons (Fsp3) is 0.600. The lowest BCUT2D eigenvalue weighted by Gasteiger charge is -2.07. The van der Waals surface area contributed by atoms with E-state index in [1.54, 1.807) is 0 Å². The van der Waals surface area contributed by atoms with Gasteiger partial charge in [-0.2, -0.15) is 0 Å². The molecule has 1 aromatic carbocycles. The molecule has 3 nitrogen and oxygen atoms in total. The van der Waals surface area contributed by atoms with E-state index in [9.17, 15) is 0 Å². The number of aliphatic hydroxyl groups excluding tert-OH is 1. The predicted molar refractivity (Wildman–Crippen MR) is 73.1 cm³/mol. The predicted octanol–water partition coefficient (Wildman–Crippen LogP) is 1.91. The van der Waals surface area contributed by atoms with Crippen molar-refractivity contribution in [3.63, 3.8) is 0 Å². The second-order valence-corrected chi connectivity index (χ2v) is 5.03. The Balaban J connectivity index is 1.65. The van der Waals surface area contributed by atoms with Gasteiger partial charge in [-0.05, 0) is 56.5 Å². The summed E-state index contributed by atoms with van der Waals surface area (Å²) in [6.07, 6.45) is 3.84. The van der Waals surface area contributed by atoms with Crippen LogP contribution in [0, 0.1) is 0 Å². The Morgan fingerprint density at radius 1 is 1.39 bits per heavy atom. The molecule has 0 radical (unpaired) electrons. The smallest absolute Gasteiger partial charge is 0.122 e. The van der Waals surface area contributed by atoms with Crippen LogP contribution in [0.4, 0.5) is 0 Å². The largest absolute Gasteiger partial charge is 0.493 e. The molecule has 1 heterocycles. The summed E-state index contributed by atoms with van der Waals surface area (Å²) in [7, 11) is 0. The fourth-order valence-corrected chi connectivity index (χ4v) is 2.28. The summed E-state index contributed by atoms with van der Waals surface area (Å²) in [6, 6.07) is 6.51. The van der Waals surface area contributed by atoms with Crippen molar-refractivity contribution in [3.05, 3.63) is 29.3 Å². The van der Waals surface area contributed by atoms with Crippen molar-refractivity contribution in [3.8, 4) is 5.75 Å². The van der Waals surface area contributed by atoms with E-state index in [2.05, 4.69) is 23.5 Å². The quantitative estimate of drug-likeness (QED) is 0.725. The molecule has 0 saturated heterocycles. The number of rotatable bonds is 7. The second-order valence-electron chi connectivity index (χ2n) is 5.03. The van der Waals surface area contributed by atoms with Gasteiger partial charge in [-0.1, -0.05) is 12.1 Å². The first-order chi connectivity index (χ1) is 8.75. The van der Waals surface area contributed by atoms with Gasteiger partial charge in [0.2, 0.25) is 0 Å². The van der Waals surface area contributed by atoms with Gasteiger partial charge in [0.1, 0.15) is 5.75 Å². The highest BCUT2D eigenvalue weighted by Crippen LogP contribution is 2.25. The highest BCUT2D eigenvalue weighted by molar-refractivity contribution is 5.39. The van der Waals surface area contributed by atoms with E-state index < -0.39 is 0 Å². The summed E-state index contributed by atoms with van der Waals surface area (Å²) in [5, 5.41) is 12.6. The number of aliphatic hydroxyl groups is 1. The van der Waals surface area contributed by atoms with Crippen LogP contribution in [0.25, 0.3) is 0 Å². The second kappa shape index (κ2) is 6.76. The number of fused-ring (bicyclic) bond motifs is 1. The number of benzene rings is 1. The summed E-state index contributed by atoms with van der Waals surface area (Å²) in [4.78, 5) is 0. The zero-order valence-electron chi connectivity index (χ0n) is 11.1. The van der Waals surface area contributed by atoms with Crippen LogP contribution in [-0.2, 0) is 12.8 Å². The van der Waals surface area contributed by atoms with Crippen molar-refractivity contribution >= 4 is 0 Å². The van der Waals surface area contributed by atoms with Gasteiger partial charge in [-0.15, -0.1) is 0 Å².